The van der Waals surface area contributed by atoms with E-state index in [1.165, 1.54) is 12.0 Å². The number of para-hydroxylation sites is 1. The molecular weight excluding hydrogens is 286 g/mol. The van der Waals surface area contributed by atoms with Gasteiger partial charge in [-0.05, 0) is 6.07 Å². The number of aromatic nitrogens is 2. The molecule has 0 aliphatic heterocycles. The molecule has 22 heavy (non-hydrogen) atoms. The standard InChI is InChI=1S/C15H19N3O4/c1-17-13-6-4-3-5-11(13)12(16-17)9-14(19)18(7-8-22-2)10-15(20)21/h3-6H,7-10H2,1-2H3,(H,20,21). The maximum absolute atomic E-state index is 12.4. The molecule has 0 spiro atoms. The summed E-state index contributed by atoms with van der Waals surface area (Å²) in [6, 6.07) is 7.63. The molecule has 1 aromatic carbocycles. The maximum Gasteiger partial charge on any atom is 0.323 e. The Morgan fingerprint density at radius 2 is 2.09 bits per heavy atom. The van der Waals surface area contributed by atoms with Crippen LogP contribution in [0.3, 0.4) is 0 Å². The normalized spacial score (nSPS) is 10.8. The first-order chi connectivity index (χ1) is 10.5. The fourth-order valence-corrected chi connectivity index (χ4v) is 2.33. The molecule has 0 atom stereocenters. The van der Waals surface area contributed by atoms with Crippen LogP contribution in [0.4, 0.5) is 0 Å². The summed E-state index contributed by atoms with van der Waals surface area (Å²) in [6.07, 6.45) is 0.0678. The Hall–Kier alpha value is -2.41. The number of hydrogen-bond acceptors (Lipinski definition) is 4. The van der Waals surface area contributed by atoms with Gasteiger partial charge in [-0.2, -0.15) is 5.10 Å². The van der Waals surface area contributed by atoms with Crippen molar-refractivity contribution < 1.29 is 19.4 Å². The van der Waals surface area contributed by atoms with E-state index in [0.717, 1.165) is 10.9 Å². The van der Waals surface area contributed by atoms with Gasteiger partial charge in [-0.3, -0.25) is 14.3 Å². The van der Waals surface area contributed by atoms with E-state index in [4.69, 9.17) is 9.84 Å². The van der Waals surface area contributed by atoms with E-state index in [2.05, 4.69) is 5.10 Å². The van der Waals surface area contributed by atoms with Crippen LogP contribution in [0.5, 0.6) is 0 Å². The molecule has 0 aliphatic carbocycles. The summed E-state index contributed by atoms with van der Waals surface area (Å²) in [4.78, 5) is 24.5. The molecular formula is C15H19N3O4. The monoisotopic (exact) mass is 305 g/mol. The molecule has 0 unspecified atom stereocenters. The molecule has 2 aromatic rings. The summed E-state index contributed by atoms with van der Waals surface area (Å²) in [7, 11) is 3.33. The first kappa shape index (κ1) is 16.0. The molecule has 0 bridgehead atoms. The zero-order chi connectivity index (χ0) is 16.1. The van der Waals surface area contributed by atoms with Crippen LogP contribution < -0.4 is 0 Å². The zero-order valence-electron chi connectivity index (χ0n) is 12.7. The number of ether oxygens (including phenoxy) is 1. The first-order valence-corrected chi connectivity index (χ1v) is 6.92. The maximum atomic E-state index is 12.4. The second kappa shape index (κ2) is 7.04. The highest BCUT2D eigenvalue weighted by Crippen LogP contribution is 2.18. The highest BCUT2D eigenvalue weighted by Gasteiger charge is 2.19. The SMILES string of the molecule is COCCN(CC(=O)O)C(=O)Cc1nn(C)c2ccccc12. The summed E-state index contributed by atoms with van der Waals surface area (Å²) in [5.41, 5.74) is 1.59. The third-order valence-electron chi connectivity index (χ3n) is 3.40. The lowest BCUT2D eigenvalue weighted by Gasteiger charge is -2.19. The van der Waals surface area contributed by atoms with Crippen molar-refractivity contribution in [1.29, 1.82) is 0 Å². The van der Waals surface area contributed by atoms with Gasteiger partial charge < -0.3 is 14.7 Å². The number of rotatable bonds is 7. The Bertz CT molecular complexity index is 680. The first-order valence-electron chi connectivity index (χ1n) is 6.92. The van der Waals surface area contributed by atoms with Crippen LogP contribution in [-0.2, 0) is 27.8 Å². The number of carboxylic acids is 1. The van der Waals surface area contributed by atoms with Crippen molar-refractivity contribution in [2.45, 2.75) is 6.42 Å². The molecule has 0 radical (unpaired) electrons. The summed E-state index contributed by atoms with van der Waals surface area (Å²) < 4.78 is 6.64. The predicted molar refractivity (Wildman–Crippen MR) is 80.5 cm³/mol. The van der Waals surface area contributed by atoms with Crippen LogP contribution in [-0.4, -0.2) is 58.5 Å². The van der Waals surface area contributed by atoms with E-state index in [0.29, 0.717) is 12.3 Å². The molecule has 1 aromatic heterocycles. The largest absolute Gasteiger partial charge is 0.480 e. The number of aliphatic carboxylic acids is 1. The molecule has 1 N–H and O–H groups in total. The van der Waals surface area contributed by atoms with Crippen molar-refractivity contribution in [3.05, 3.63) is 30.0 Å². The highest BCUT2D eigenvalue weighted by molar-refractivity contribution is 5.88. The molecule has 7 heteroatoms. The lowest BCUT2D eigenvalue weighted by atomic mass is 10.1. The number of carbonyl (C=O) groups excluding carboxylic acids is 1. The fourth-order valence-electron chi connectivity index (χ4n) is 2.33. The number of carbonyl (C=O) groups is 2. The van der Waals surface area contributed by atoms with Crippen molar-refractivity contribution in [1.82, 2.24) is 14.7 Å². The van der Waals surface area contributed by atoms with Crippen LogP contribution in [0.15, 0.2) is 24.3 Å². The van der Waals surface area contributed by atoms with Gasteiger partial charge in [-0.15, -0.1) is 0 Å². The van der Waals surface area contributed by atoms with E-state index in [9.17, 15) is 9.59 Å². The van der Waals surface area contributed by atoms with Crippen LogP contribution in [0, 0.1) is 0 Å². The summed E-state index contributed by atoms with van der Waals surface area (Å²) in [5.74, 6) is -1.32. The highest BCUT2D eigenvalue weighted by atomic mass is 16.5. The number of benzene rings is 1. The Morgan fingerprint density at radius 1 is 1.36 bits per heavy atom. The summed E-state index contributed by atoms with van der Waals surface area (Å²) in [5, 5.41) is 14.2. The number of methoxy groups -OCH3 is 1. The van der Waals surface area contributed by atoms with E-state index in [1.54, 1.807) is 4.68 Å². The smallest absolute Gasteiger partial charge is 0.323 e. The van der Waals surface area contributed by atoms with Gasteiger partial charge in [0.2, 0.25) is 5.91 Å². The van der Waals surface area contributed by atoms with Crippen molar-refractivity contribution in [2.24, 2.45) is 7.05 Å². The molecule has 0 saturated carbocycles. The molecule has 1 amide bonds. The van der Waals surface area contributed by atoms with Gasteiger partial charge in [0.05, 0.1) is 24.2 Å². The van der Waals surface area contributed by atoms with E-state index in [1.807, 2.05) is 31.3 Å². The van der Waals surface area contributed by atoms with Crippen molar-refractivity contribution >= 4 is 22.8 Å². The third kappa shape index (κ3) is 3.62. The van der Waals surface area contributed by atoms with Crippen LogP contribution in [0.1, 0.15) is 5.69 Å². The van der Waals surface area contributed by atoms with Gasteiger partial charge in [-0.1, -0.05) is 18.2 Å². The Labute approximate surface area is 128 Å². The minimum Gasteiger partial charge on any atom is -0.480 e. The average molecular weight is 305 g/mol. The Balaban J connectivity index is 2.18. The van der Waals surface area contributed by atoms with Crippen molar-refractivity contribution in [3.8, 4) is 0 Å². The number of fused-ring (bicyclic) bond motifs is 1. The number of nitrogens with zero attached hydrogens (tertiary/aromatic N) is 3. The molecule has 1 heterocycles. The lowest BCUT2D eigenvalue weighted by Crippen LogP contribution is -2.39. The Kier molecular flexibility index (Phi) is 5.11. The molecule has 118 valence electrons. The summed E-state index contributed by atoms with van der Waals surface area (Å²) in [6.45, 7) is 0.196. The topological polar surface area (TPSA) is 84.7 Å². The number of carboxylic acid groups (broad SMARTS) is 1. The van der Waals surface area contributed by atoms with Gasteiger partial charge in [0.1, 0.15) is 6.54 Å². The second-order valence-electron chi connectivity index (χ2n) is 4.97. The quantitative estimate of drug-likeness (QED) is 0.813. The number of hydrogen-bond donors (Lipinski definition) is 1. The van der Waals surface area contributed by atoms with Gasteiger partial charge in [0.25, 0.3) is 0 Å². The predicted octanol–water partition coefficient (Wildman–Crippen LogP) is 0.675. The van der Waals surface area contributed by atoms with E-state index < -0.39 is 5.97 Å². The summed E-state index contributed by atoms with van der Waals surface area (Å²) >= 11 is 0. The van der Waals surface area contributed by atoms with Gasteiger partial charge in [0.15, 0.2) is 0 Å². The zero-order valence-corrected chi connectivity index (χ0v) is 12.7. The molecule has 0 fully saturated rings. The third-order valence-corrected chi connectivity index (χ3v) is 3.40. The fraction of sp³-hybridized carbons (Fsp3) is 0.400. The van der Waals surface area contributed by atoms with Gasteiger partial charge in [0, 0.05) is 26.1 Å². The van der Waals surface area contributed by atoms with Crippen LogP contribution in [0.25, 0.3) is 10.9 Å². The van der Waals surface area contributed by atoms with Crippen LogP contribution in [0.2, 0.25) is 0 Å². The number of amides is 1. The molecule has 2 rings (SSSR count). The minimum absolute atomic E-state index is 0.0678. The van der Waals surface area contributed by atoms with E-state index >= 15 is 0 Å². The molecule has 0 saturated heterocycles. The van der Waals surface area contributed by atoms with Gasteiger partial charge >= 0.3 is 5.97 Å². The second-order valence-corrected chi connectivity index (χ2v) is 4.97. The van der Waals surface area contributed by atoms with Crippen molar-refractivity contribution in [2.75, 3.05) is 26.8 Å². The minimum atomic E-state index is -1.05. The van der Waals surface area contributed by atoms with Crippen molar-refractivity contribution in [3.63, 3.8) is 0 Å². The lowest BCUT2D eigenvalue weighted by molar-refractivity contribution is -0.144. The average Bonchev–Trinajstić information content (AvgIpc) is 2.80. The van der Waals surface area contributed by atoms with Crippen LogP contribution >= 0.6 is 0 Å². The van der Waals surface area contributed by atoms with Gasteiger partial charge in [-0.25, -0.2) is 0 Å². The molecule has 7 nitrogen and oxygen atoms in total. The number of aryl methyl sites for hydroxylation is 1. The molecule has 0 aliphatic rings. The van der Waals surface area contributed by atoms with E-state index in [-0.39, 0.29) is 25.4 Å². The Morgan fingerprint density at radius 3 is 2.77 bits per heavy atom.